The van der Waals surface area contributed by atoms with Crippen LogP contribution in [0.2, 0.25) is 5.02 Å². The fourth-order valence-corrected chi connectivity index (χ4v) is 3.14. The van der Waals surface area contributed by atoms with Crippen molar-refractivity contribution in [3.8, 4) is 0 Å². The van der Waals surface area contributed by atoms with Gasteiger partial charge in [-0.05, 0) is 48.7 Å². The Hall–Kier alpha value is -2.20. The smallest absolute Gasteiger partial charge is 0.287 e. The molecule has 1 aliphatic carbocycles. The third-order valence-corrected chi connectivity index (χ3v) is 4.64. The molecule has 0 unspecified atom stereocenters. The number of furan rings is 1. The number of hydrogen-bond acceptors (Lipinski definition) is 2. The van der Waals surface area contributed by atoms with E-state index in [-0.39, 0.29) is 11.3 Å². The number of H-pyrrole nitrogens is 1. The minimum atomic E-state index is -0.172. The summed E-state index contributed by atoms with van der Waals surface area (Å²) in [6.07, 6.45) is 5.66. The highest BCUT2D eigenvalue weighted by Gasteiger charge is 2.46. The zero-order valence-electron chi connectivity index (χ0n) is 11.9. The molecule has 0 bridgehead atoms. The molecular weight excluding hydrogens is 300 g/mol. The maximum Gasteiger partial charge on any atom is 0.287 e. The molecule has 2 N–H and O–H groups in total. The van der Waals surface area contributed by atoms with E-state index in [0.717, 1.165) is 28.8 Å². The summed E-state index contributed by atoms with van der Waals surface area (Å²) in [4.78, 5) is 15.3. The van der Waals surface area contributed by atoms with Gasteiger partial charge in [0.1, 0.15) is 0 Å². The summed E-state index contributed by atoms with van der Waals surface area (Å²) >= 11 is 6.12. The van der Waals surface area contributed by atoms with Crippen LogP contribution in [-0.4, -0.2) is 17.4 Å². The lowest BCUT2D eigenvalue weighted by Gasteiger charge is -2.15. The molecule has 1 saturated carbocycles. The van der Waals surface area contributed by atoms with Crippen molar-refractivity contribution in [2.24, 2.45) is 0 Å². The molecule has 5 heteroatoms. The monoisotopic (exact) mass is 314 g/mol. The van der Waals surface area contributed by atoms with E-state index in [1.165, 1.54) is 11.8 Å². The first-order valence-electron chi connectivity index (χ1n) is 7.27. The SMILES string of the molecule is O=C(NCC1(c2c[nH]c3ccc(Cl)cc23)CC1)c1ccco1. The van der Waals surface area contributed by atoms with E-state index in [9.17, 15) is 4.79 Å². The number of amides is 1. The standard InChI is InChI=1S/C17H15ClN2O2/c18-11-3-4-14-12(8-11)13(9-19-14)17(5-6-17)10-20-16(21)15-2-1-7-22-15/h1-4,7-9,19H,5-6,10H2,(H,20,21). The van der Waals surface area contributed by atoms with E-state index in [1.807, 2.05) is 24.4 Å². The van der Waals surface area contributed by atoms with Gasteiger partial charge in [-0.3, -0.25) is 4.79 Å². The first-order valence-corrected chi connectivity index (χ1v) is 7.65. The van der Waals surface area contributed by atoms with Crippen molar-refractivity contribution in [2.75, 3.05) is 6.54 Å². The molecule has 1 aromatic carbocycles. The molecule has 4 rings (SSSR count). The highest BCUT2D eigenvalue weighted by molar-refractivity contribution is 6.31. The maximum absolute atomic E-state index is 12.0. The van der Waals surface area contributed by atoms with Gasteiger partial charge in [-0.15, -0.1) is 0 Å². The van der Waals surface area contributed by atoms with E-state index in [1.54, 1.807) is 12.1 Å². The van der Waals surface area contributed by atoms with Crippen LogP contribution in [0.5, 0.6) is 0 Å². The molecule has 22 heavy (non-hydrogen) atoms. The van der Waals surface area contributed by atoms with Crippen molar-refractivity contribution in [1.29, 1.82) is 0 Å². The number of rotatable bonds is 4. The highest BCUT2D eigenvalue weighted by Crippen LogP contribution is 2.50. The van der Waals surface area contributed by atoms with Crippen molar-refractivity contribution in [3.05, 3.63) is 59.1 Å². The predicted molar refractivity (Wildman–Crippen MR) is 85.3 cm³/mol. The zero-order chi connectivity index (χ0) is 15.2. The first kappa shape index (κ1) is 13.5. The van der Waals surface area contributed by atoms with Crippen molar-refractivity contribution in [3.63, 3.8) is 0 Å². The average molecular weight is 315 g/mol. The van der Waals surface area contributed by atoms with Crippen LogP contribution in [0.25, 0.3) is 10.9 Å². The molecule has 2 heterocycles. The second-order valence-electron chi connectivity index (χ2n) is 5.83. The van der Waals surface area contributed by atoms with Gasteiger partial charge in [0.05, 0.1) is 6.26 Å². The van der Waals surface area contributed by atoms with Crippen LogP contribution in [-0.2, 0) is 5.41 Å². The van der Waals surface area contributed by atoms with E-state index in [4.69, 9.17) is 16.0 Å². The van der Waals surface area contributed by atoms with Crippen LogP contribution in [0.1, 0.15) is 29.0 Å². The van der Waals surface area contributed by atoms with Crippen LogP contribution in [0.15, 0.2) is 47.2 Å². The second kappa shape index (κ2) is 4.92. The van der Waals surface area contributed by atoms with Crippen LogP contribution >= 0.6 is 11.6 Å². The molecular formula is C17H15ClN2O2. The Labute approximate surface area is 132 Å². The van der Waals surface area contributed by atoms with E-state index in [0.29, 0.717) is 12.3 Å². The number of carbonyl (C=O) groups is 1. The quantitative estimate of drug-likeness (QED) is 0.768. The van der Waals surface area contributed by atoms with Gasteiger partial charge in [0, 0.05) is 34.1 Å². The Balaban J connectivity index is 1.58. The number of aromatic amines is 1. The molecule has 0 spiro atoms. The number of nitrogens with one attached hydrogen (secondary N) is 2. The van der Waals surface area contributed by atoms with Gasteiger partial charge in [0.2, 0.25) is 0 Å². The molecule has 4 nitrogen and oxygen atoms in total. The molecule has 2 aromatic heterocycles. The van der Waals surface area contributed by atoms with Crippen molar-refractivity contribution >= 4 is 28.4 Å². The van der Waals surface area contributed by atoms with E-state index in [2.05, 4.69) is 10.3 Å². The summed E-state index contributed by atoms with van der Waals surface area (Å²) in [5.41, 5.74) is 2.30. The molecule has 1 amide bonds. The van der Waals surface area contributed by atoms with Gasteiger partial charge in [-0.1, -0.05) is 11.6 Å². The Morgan fingerprint density at radius 3 is 2.95 bits per heavy atom. The number of carbonyl (C=O) groups excluding carboxylic acids is 1. The molecule has 0 radical (unpaired) electrons. The summed E-state index contributed by atoms with van der Waals surface area (Å²) in [5, 5.41) is 4.84. The second-order valence-corrected chi connectivity index (χ2v) is 6.27. The van der Waals surface area contributed by atoms with Crippen molar-refractivity contribution in [1.82, 2.24) is 10.3 Å². The van der Waals surface area contributed by atoms with Crippen LogP contribution < -0.4 is 5.32 Å². The van der Waals surface area contributed by atoms with Gasteiger partial charge in [0.15, 0.2) is 5.76 Å². The lowest BCUT2D eigenvalue weighted by Crippen LogP contribution is -2.31. The average Bonchev–Trinajstić information content (AvgIpc) is 2.95. The fraction of sp³-hybridized carbons (Fsp3) is 0.235. The largest absolute Gasteiger partial charge is 0.459 e. The Morgan fingerprint density at radius 1 is 1.36 bits per heavy atom. The van der Waals surface area contributed by atoms with Gasteiger partial charge in [0.25, 0.3) is 5.91 Å². The number of hydrogen-bond donors (Lipinski definition) is 2. The maximum atomic E-state index is 12.0. The summed E-state index contributed by atoms with van der Waals surface area (Å²) in [6.45, 7) is 0.603. The Morgan fingerprint density at radius 2 is 2.23 bits per heavy atom. The molecule has 1 aliphatic rings. The topological polar surface area (TPSA) is 58.0 Å². The summed E-state index contributed by atoms with van der Waals surface area (Å²) in [5.74, 6) is 0.173. The third-order valence-electron chi connectivity index (χ3n) is 4.40. The summed E-state index contributed by atoms with van der Waals surface area (Å²) in [7, 11) is 0. The molecule has 3 aromatic rings. The van der Waals surface area contributed by atoms with E-state index < -0.39 is 0 Å². The lowest BCUT2D eigenvalue weighted by molar-refractivity contribution is 0.0922. The summed E-state index contributed by atoms with van der Waals surface area (Å²) < 4.78 is 5.12. The predicted octanol–water partition coefficient (Wildman–Crippen LogP) is 3.88. The van der Waals surface area contributed by atoms with Crippen molar-refractivity contribution < 1.29 is 9.21 Å². The number of benzene rings is 1. The zero-order valence-corrected chi connectivity index (χ0v) is 12.6. The van der Waals surface area contributed by atoms with Gasteiger partial charge < -0.3 is 14.7 Å². The Bertz CT molecular complexity index is 832. The van der Waals surface area contributed by atoms with Crippen LogP contribution in [0, 0.1) is 0 Å². The molecule has 112 valence electrons. The molecule has 0 aliphatic heterocycles. The first-order chi connectivity index (χ1) is 10.7. The van der Waals surface area contributed by atoms with Crippen LogP contribution in [0.3, 0.4) is 0 Å². The molecule has 0 atom stereocenters. The van der Waals surface area contributed by atoms with Gasteiger partial charge >= 0.3 is 0 Å². The molecule has 0 saturated heterocycles. The Kier molecular flexibility index (Phi) is 3.01. The molecule has 1 fully saturated rings. The third kappa shape index (κ3) is 2.20. The number of halogens is 1. The minimum absolute atomic E-state index is 0.00514. The van der Waals surface area contributed by atoms with Crippen LogP contribution in [0.4, 0.5) is 0 Å². The lowest BCUT2D eigenvalue weighted by atomic mass is 9.95. The number of aromatic nitrogens is 1. The fourth-order valence-electron chi connectivity index (χ4n) is 2.97. The minimum Gasteiger partial charge on any atom is -0.459 e. The number of fused-ring (bicyclic) bond motifs is 1. The summed E-state index contributed by atoms with van der Waals surface area (Å²) in [6, 6.07) is 9.22. The van der Waals surface area contributed by atoms with E-state index >= 15 is 0 Å². The highest BCUT2D eigenvalue weighted by atomic mass is 35.5. The van der Waals surface area contributed by atoms with Gasteiger partial charge in [-0.2, -0.15) is 0 Å². The normalized spacial score (nSPS) is 15.9. The van der Waals surface area contributed by atoms with Crippen molar-refractivity contribution in [2.45, 2.75) is 18.3 Å². The van der Waals surface area contributed by atoms with Gasteiger partial charge in [-0.25, -0.2) is 0 Å².